The second-order valence-corrected chi connectivity index (χ2v) is 5.08. The summed E-state index contributed by atoms with van der Waals surface area (Å²) >= 11 is 1.46. The van der Waals surface area contributed by atoms with Gasteiger partial charge in [0, 0.05) is 4.90 Å². The van der Waals surface area contributed by atoms with Gasteiger partial charge in [0.1, 0.15) is 11.6 Å². The smallest absolute Gasteiger partial charge is 0.168 e. The van der Waals surface area contributed by atoms with Crippen molar-refractivity contribution >= 4 is 17.6 Å². The SMILES string of the molecule is CSc1cccc(Oc2cccc(C)c2F)c1C(=N)N. The molecule has 20 heavy (non-hydrogen) atoms. The Labute approximate surface area is 121 Å². The molecule has 2 aromatic carbocycles. The summed E-state index contributed by atoms with van der Waals surface area (Å²) in [5, 5.41) is 7.67. The van der Waals surface area contributed by atoms with Crippen LogP contribution in [0.5, 0.6) is 11.5 Å². The molecule has 0 heterocycles. The van der Waals surface area contributed by atoms with Crippen LogP contribution in [0.2, 0.25) is 0 Å². The Morgan fingerprint density at radius 1 is 1.20 bits per heavy atom. The summed E-state index contributed by atoms with van der Waals surface area (Å²) in [5.74, 6) is 0.00849. The fraction of sp³-hybridized carbons (Fsp3) is 0.133. The third kappa shape index (κ3) is 2.77. The largest absolute Gasteiger partial charge is 0.453 e. The quantitative estimate of drug-likeness (QED) is 0.509. The van der Waals surface area contributed by atoms with Crippen LogP contribution in [0.15, 0.2) is 41.3 Å². The lowest BCUT2D eigenvalue weighted by molar-refractivity contribution is 0.438. The molecule has 0 aliphatic heterocycles. The minimum atomic E-state index is -0.406. The van der Waals surface area contributed by atoms with Gasteiger partial charge in [-0.15, -0.1) is 11.8 Å². The molecule has 104 valence electrons. The van der Waals surface area contributed by atoms with Gasteiger partial charge in [0.05, 0.1) is 5.56 Å². The second-order valence-electron chi connectivity index (χ2n) is 4.24. The Morgan fingerprint density at radius 3 is 2.50 bits per heavy atom. The molecular weight excluding hydrogens is 275 g/mol. The number of benzene rings is 2. The zero-order chi connectivity index (χ0) is 14.7. The lowest BCUT2D eigenvalue weighted by Gasteiger charge is -2.14. The molecule has 5 heteroatoms. The Kier molecular flexibility index (Phi) is 4.29. The number of nitrogens with one attached hydrogen (secondary N) is 1. The number of hydrogen-bond donors (Lipinski definition) is 2. The van der Waals surface area contributed by atoms with Gasteiger partial charge in [-0.3, -0.25) is 5.41 Å². The number of rotatable bonds is 4. The number of ether oxygens (including phenoxy) is 1. The van der Waals surface area contributed by atoms with Crippen molar-refractivity contribution in [2.45, 2.75) is 11.8 Å². The lowest BCUT2D eigenvalue weighted by atomic mass is 10.1. The van der Waals surface area contributed by atoms with Crippen LogP contribution in [-0.2, 0) is 0 Å². The van der Waals surface area contributed by atoms with Gasteiger partial charge < -0.3 is 10.5 Å². The van der Waals surface area contributed by atoms with Gasteiger partial charge in [-0.2, -0.15) is 0 Å². The van der Waals surface area contributed by atoms with E-state index in [9.17, 15) is 4.39 Å². The second kappa shape index (κ2) is 5.96. The van der Waals surface area contributed by atoms with Gasteiger partial charge in [-0.05, 0) is 36.9 Å². The molecule has 0 bridgehead atoms. The summed E-state index contributed by atoms with van der Waals surface area (Å²) in [5.41, 5.74) is 6.60. The van der Waals surface area contributed by atoms with E-state index < -0.39 is 5.82 Å². The molecule has 0 aliphatic carbocycles. The molecule has 0 spiro atoms. The number of nitrogen functional groups attached to an aromatic ring is 1. The van der Waals surface area contributed by atoms with Crippen LogP contribution in [0.1, 0.15) is 11.1 Å². The van der Waals surface area contributed by atoms with Crippen LogP contribution in [0, 0.1) is 18.2 Å². The normalized spacial score (nSPS) is 10.3. The molecule has 0 aliphatic rings. The minimum Gasteiger partial charge on any atom is -0.453 e. The van der Waals surface area contributed by atoms with E-state index in [1.165, 1.54) is 11.8 Å². The van der Waals surface area contributed by atoms with Crippen LogP contribution in [-0.4, -0.2) is 12.1 Å². The van der Waals surface area contributed by atoms with E-state index in [1.807, 2.05) is 12.3 Å². The maximum atomic E-state index is 14.0. The summed E-state index contributed by atoms with van der Waals surface area (Å²) < 4.78 is 19.6. The highest BCUT2D eigenvalue weighted by Crippen LogP contribution is 2.33. The van der Waals surface area contributed by atoms with Gasteiger partial charge in [0.15, 0.2) is 11.6 Å². The molecule has 0 saturated carbocycles. The zero-order valence-electron chi connectivity index (χ0n) is 11.2. The van der Waals surface area contributed by atoms with E-state index >= 15 is 0 Å². The summed E-state index contributed by atoms with van der Waals surface area (Å²) in [6, 6.07) is 10.3. The molecule has 0 radical (unpaired) electrons. The monoisotopic (exact) mass is 290 g/mol. The molecule has 2 rings (SSSR count). The van der Waals surface area contributed by atoms with E-state index in [2.05, 4.69) is 0 Å². The lowest BCUT2D eigenvalue weighted by Crippen LogP contribution is -2.13. The molecule has 3 nitrogen and oxygen atoms in total. The molecule has 0 saturated heterocycles. The topological polar surface area (TPSA) is 59.1 Å². The highest BCUT2D eigenvalue weighted by Gasteiger charge is 2.15. The highest BCUT2D eigenvalue weighted by molar-refractivity contribution is 7.98. The summed E-state index contributed by atoms with van der Waals surface area (Å²) in [6.07, 6.45) is 1.89. The summed E-state index contributed by atoms with van der Waals surface area (Å²) in [7, 11) is 0. The Bertz CT molecular complexity index is 658. The molecular formula is C15H15FN2OS. The minimum absolute atomic E-state index is 0.0991. The Morgan fingerprint density at radius 2 is 1.85 bits per heavy atom. The van der Waals surface area contributed by atoms with Gasteiger partial charge in [0.25, 0.3) is 0 Å². The molecule has 0 amide bonds. The van der Waals surface area contributed by atoms with Gasteiger partial charge in [0.2, 0.25) is 0 Å². The van der Waals surface area contributed by atoms with Crippen molar-refractivity contribution in [3.8, 4) is 11.5 Å². The Balaban J connectivity index is 2.48. The first-order valence-corrected chi connectivity index (χ1v) is 7.21. The van der Waals surface area contributed by atoms with Crippen LogP contribution >= 0.6 is 11.8 Å². The zero-order valence-corrected chi connectivity index (χ0v) is 12.1. The number of aryl methyl sites for hydroxylation is 1. The van der Waals surface area contributed by atoms with Crippen LogP contribution in [0.25, 0.3) is 0 Å². The maximum absolute atomic E-state index is 14.0. The maximum Gasteiger partial charge on any atom is 0.168 e. The molecule has 2 aromatic rings. The number of hydrogen-bond acceptors (Lipinski definition) is 3. The highest BCUT2D eigenvalue weighted by atomic mass is 32.2. The van der Waals surface area contributed by atoms with Crippen molar-refractivity contribution in [2.24, 2.45) is 5.73 Å². The van der Waals surface area contributed by atoms with E-state index in [0.717, 1.165) is 4.90 Å². The van der Waals surface area contributed by atoms with Crippen molar-refractivity contribution in [1.82, 2.24) is 0 Å². The fourth-order valence-electron chi connectivity index (χ4n) is 1.85. The average Bonchev–Trinajstić information content (AvgIpc) is 2.43. The first kappa shape index (κ1) is 14.4. The predicted octanol–water partition coefficient (Wildman–Crippen LogP) is 3.93. The third-order valence-electron chi connectivity index (χ3n) is 2.85. The van der Waals surface area contributed by atoms with Crippen molar-refractivity contribution in [2.75, 3.05) is 6.26 Å². The summed E-state index contributed by atoms with van der Waals surface area (Å²) in [4.78, 5) is 0.822. The fourth-order valence-corrected chi connectivity index (χ4v) is 2.48. The Hall–Kier alpha value is -2.01. The van der Waals surface area contributed by atoms with Crippen LogP contribution < -0.4 is 10.5 Å². The molecule has 0 unspecified atom stereocenters. The van der Waals surface area contributed by atoms with Crippen LogP contribution in [0.4, 0.5) is 4.39 Å². The molecule has 0 fully saturated rings. The van der Waals surface area contributed by atoms with E-state index in [0.29, 0.717) is 16.9 Å². The van der Waals surface area contributed by atoms with Gasteiger partial charge >= 0.3 is 0 Å². The first-order valence-electron chi connectivity index (χ1n) is 5.99. The van der Waals surface area contributed by atoms with Crippen molar-refractivity contribution < 1.29 is 9.13 Å². The molecule has 0 aromatic heterocycles. The number of amidine groups is 1. The van der Waals surface area contributed by atoms with Crippen molar-refractivity contribution in [3.63, 3.8) is 0 Å². The van der Waals surface area contributed by atoms with E-state index in [1.54, 1.807) is 37.3 Å². The third-order valence-corrected chi connectivity index (χ3v) is 3.63. The molecule has 0 atom stereocenters. The van der Waals surface area contributed by atoms with Gasteiger partial charge in [-0.25, -0.2) is 4.39 Å². The van der Waals surface area contributed by atoms with E-state index in [-0.39, 0.29) is 11.6 Å². The first-order chi connectivity index (χ1) is 9.54. The molecule has 3 N–H and O–H groups in total. The van der Waals surface area contributed by atoms with Gasteiger partial charge in [-0.1, -0.05) is 18.2 Å². The standard InChI is InChI=1S/C15H15FN2OS/c1-9-5-3-7-11(14(9)16)19-10-6-4-8-12(20-2)13(10)15(17)18/h3-8H,1-2H3,(H3,17,18). The number of nitrogens with two attached hydrogens (primary N) is 1. The van der Waals surface area contributed by atoms with Crippen LogP contribution in [0.3, 0.4) is 0 Å². The number of thioether (sulfide) groups is 1. The summed E-state index contributed by atoms with van der Waals surface area (Å²) in [6.45, 7) is 1.67. The van der Waals surface area contributed by atoms with Crippen molar-refractivity contribution in [1.29, 1.82) is 5.41 Å². The average molecular weight is 290 g/mol. The number of halogens is 1. The predicted molar refractivity (Wildman–Crippen MR) is 80.5 cm³/mol. The van der Waals surface area contributed by atoms with Crippen molar-refractivity contribution in [3.05, 3.63) is 53.3 Å². The van der Waals surface area contributed by atoms with E-state index in [4.69, 9.17) is 15.9 Å².